The molecule has 9 heteroatoms. The number of rotatable bonds is 3. The van der Waals surface area contributed by atoms with Gasteiger partial charge in [0.05, 0.1) is 22.6 Å². The molecular formula is C16H16N2O4S3. The van der Waals surface area contributed by atoms with Gasteiger partial charge in [0.1, 0.15) is 5.00 Å². The van der Waals surface area contributed by atoms with Crippen LogP contribution < -0.4 is 10.6 Å². The smallest absolute Gasteiger partial charge is 0.339 e. The number of aromatic carboxylic acids is 1. The van der Waals surface area contributed by atoms with Gasteiger partial charge in [-0.3, -0.25) is 10.1 Å². The summed E-state index contributed by atoms with van der Waals surface area (Å²) in [4.78, 5) is 25.2. The van der Waals surface area contributed by atoms with E-state index in [4.69, 9.17) is 17.0 Å². The average Bonchev–Trinajstić information content (AvgIpc) is 3.13. The largest absolute Gasteiger partial charge is 0.478 e. The molecular weight excluding hydrogens is 380 g/mol. The zero-order chi connectivity index (χ0) is 18.2. The van der Waals surface area contributed by atoms with Gasteiger partial charge in [0.2, 0.25) is 0 Å². The molecule has 0 saturated heterocycles. The second kappa shape index (κ2) is 6.83. The fraction of sp³-hybridized carbons (Fsp3) is 0.312. The van der Waals surface area contributed by atoms with E-state index in [9.17, 15) is 14.7 Å². The number of carboxylic acids is 1. The molecule has 3 heterocycles. The summed E-state index contributed by atoms with van der Waals surface area (Å²) in [5.74, 6) is -1.35. The molecule has 0 fully saturated rings. The number of anilines is 1. The van der Waals surface area contributed by atoms with Gasteiger partial charge in [-0.15, -0.1) is 22.7 Å². The molecule has 1 aliphatic rings. The van der Waals surface area contributed by atoms with E-state index in [1.807, 2.05) is 13.8 Å². The number of carbonyl (C=O) groups is 2. The molecule has 0 atom stereocenters. The summed E-state index contributed by atoms with van der Waals surface area (Å²) in [6, 6.07) is 3.46. The summed E-state index contributed by atoms with van der Waals surface area (Å²) in [6.45, 7) is 4.22. The zero-order valence-corrected chi connectivity index (χ0v) is 16.0. The number of hydrogen-bond donors (Lipinski definition) is 3. The van der Waals surface area contributed by atoms with Crippen LogP contribution >= 0.6 is 34.9 Å². The van der Waals surface area contributed by atoms with E-state index in [2.05, 4.69) is 10.6 Å². The molecule has 0 aliphatic carbocycles. The normalized spacial score (nSPS) is 15.3. The molecule has 0 aromatic carbocycles. The Morgan fingerprint density at radius 2 is 2.16 bits per heavy atom. The van der Waals surface area contributed by atoms with Crippen LogP contribution in [0.1, 0.15) is 44.3 Å². The van der Waals surface area contributed by atoms with E-state index >= 15 is 0 Å². The first kappa shape index (κ1) is 18.0. The van der Waals surface area contributed by atoms with E-state index in [0.717, 1.165) is 10.4 Å². The van der Waals surface area contributed by atoms with E-state index in [1.54, 1.807) is 17.5 Å². The van der Waals surface area contributed by atoms with Gasteiger partial charge >= 0.3 is 5.97 Å². The van der Waals surface area contributed by atoms with Crippen molar-refractivity contribution in [2.45, 2.75) is 32.5 Å². The number of nitrogens with one attached hydrogen (secondary N) is 2. The minimum Gasteiger partial charge on any atom is -0.478 e. The first-order valence-corrected chi connectivity index (χ1v) is 9.55. The molecule has 0 spiro atoms. The zero-order valence-electron chi connectivity index (χ0n) is 13.5. The van der Waals surface area contributed by atoms with Crippen LogP contribution in [0.15, 0.2) is 17.5 Å². The molecule has 1 aliphatic heterocycles. The highest BCUT2D eigenvalue weighted by atomic mass is 32.1. The van der Waals surface area contributed by atoms with Crippen molar-refractivity contribution in [3.8, 4) is 0 Å². The third-order valence-electron chi connectivity index (χ3n) is 3.70. The van der Waals surface area contributed by atoms with Gasteiger partial charge in [-0.1, -0.05) is 6.07 Å². The third kappa shape index (κ3) is 3.90. The highest BCUT2D eigenvalue weighted by Crippen LogP contribution is 2.40. The standard InChI is InChI=1S/C16H16N2O4S3/c1-16(2)6-8-10(7-22-16)25-13(11(8)14(20)21)18-15(23)17-12(19)9-4-3-5-24-9/h3-5H,6-7H2,1-2H3,(H,20,21)(H2,17,18,19,23). The molecule has 0 bridgehead atoms. The Labute approximate surface area is 157 Å². The lowest BCUT2D eigenvalue weighted by atomic mass is 9.93. The predicted octanol–water partition coefficient (Wildman–Crippen LogP) is 3.49. The number of amides is 1. The minimum atomic E-state index is -1.02. The van der Waals surface area contributed by atoms with Crippen LogP contribution in [-0.4, -0.2) is 27.7 Å². The maximum Gasteiger partial charge on any atom is 0.339 e. The Balaban J connectivity index is 1.81. The fourth-order valence-electron chi connectivity index (χ4n) is 2.57. The lowest BCUT2D eigenvalue weighted by molar-refractivity contribution is -0.0384. The predicted molar refractivity (Wildman–Crippen MR) is 102 cm³/mol. The topological polar surface area (TPSA) is 87.7 Å². The van der Waals surface area contributed by atoms with Gasteiger partial charge in [-0.25, -0.2) is 4.79 Å². The van der Waals surface area contributed by atoms with Crippen molar-refractivity contribution in [2.75, 3.05) is 5.32 Å². The highest BCUT2D eigenvalue weighted by Gasteiger charge is 2.33. The van der Waals surface area contributed by atoms with E-state index in [1.165, 1.54) is 22.7 Å². The van der Waals surface area contributed by atoms with Crippen LogP contribution in [0.4, 0.5) is 5.00 Å². The molecule has 25 heavy (non-hydrogen) atoms. The minimum absolute atomic E-state index is 0.0691. The van der Waals surface area contributed by atoms with Crippen molar-refractivity contribution in [2.24, 2.45) is 0 Å². The highest BCUT2D eigenvalue weighted by molar-refractivity contribution is 7.80. The first-order chi connectivity index (χ1) is 11.8. The summed E-state index contributed by atoms with van der Waals surface area (Å²) < 4.78 is 5.75. The average molecular weight is 397 g/mol. The Kier molecular flexibility index (Phi) is 4.92. The van der Waals surface area contributed by atoms with Crippen LogP contribution in [0, 0.1) is 0 Å². The summed E-state index contributed by atoms with van der Waals surface area (Å²) in [5, 5.41) is 17.3. The molecule has 0 radical (unpaired) electrons. The molecule has 1 amide bonds. The summed E-state index contributed by atoms with van der Waals surface area (Å²) >= 11 is 7.75. The lowest BCUT2D eigenvalue weighted by Crippen LogP contribution is -2.34. The lowest BCUT2D eigenvalue weighted by Gasteiger charge is -2.30. The molecule has 0 unspecified atom stereocenters. The molecule has 3 rings (SSSR count). The molecule has 2 aromatic rings. The summed E-state index contributed by atoms with van der Waals surface area (Å²) in [5.41, 5.74) is 0.552. The number of carboxylic acid groups (broad SMARTS) is 1. The van der Waals surface area contributed by atoms with Crippen LogP contribution in [0.3, 0.4) is 0 Å². The van der Waals surface area contributed by atoms with Crippen LogP contribution in [0.25, 0.3) is 0 Å². The van der Waals surface area contributed by atoms with Crippen molar-refractivity contribution < 1.29 is 19.4 Å². The van der Waals surface area contributed by atoms with Crippen LogP contribution in [0.5, 0.6) is 0 Å². The van der Waals surface area contributed by atoms with E-state index in [-0.39, 0.29) is 16.6 Å². The number of fused-ring (bicyclic) bond motifs is 1. The van der Waals surface area contributed by atoms with Gasteiger partial charge in [0.15, 0.2) is 5.11 Å². The Hall–Kier alpha value is -1.81. The van der Waals surface area contributed by atoms with Crippen molar-refractivity contribution >= 4 is 56.9 Å². The number of carbonyl (C=O) groups excluding carboxylic acids is 1. The van der Waals surface area contributed by atoms with Crippen molar-refractivity contribution in [1.82, 2.24) is 5.32 Å². The quantitative estimate of drug-likeness (QED) is 0.689. The van der Waals surface area contributed by atoms with Gasteiger partial charge in [0.25, 0.3) is 5.91 Å². The van der Waals surface area contributed by atoms with Crippen molar-refractivity contribution in [1.29, 1.82) is 0 Å². The second-order valence-electron chi connectivity index (χ2n) is 6.12. The van der Waals surface area contributed by atoms with Crippen molar-refractivity contribution in [3.63, 3.8) is 0 Å². The van der Waals surface area contributed by atoms with E-state index < -0.39 is 11.6 Å². The number of thiophene rings is 2. The van der Waals surface area contributed by atoms with Crippen molar-refractivity contribution in [3.05, 3.63) is 38.4 Å². The van der Waals surface area contributed by atoms with Gasteiger partial charge in [-0.05, 0) is 43.1 Å². The summed E-state index contributed by atoms with van der Waals surface area (Å²) in [7, 11) is 0. The molecule has 132 valence electrons. The summed E-state index contributed by atoms with van der Waals surface area (Å²) in [6.07, 6.45) is 0.510. The Bertz CT molecular complexity index is 840. The van der Waals surface area contributed by atoms with Gasteiger partial charge < -0.3 is 15.2 Å². The van der Waals surface area contributed by atoms with Crippen LogP contribution in [-0.2, 0) is 17.8 Å². The van der Waals surface area contributed by atoms with Gasteiger partial charge in [0, 0.05) is 11.3 Å². The second-order valence-corrected chi connectivity index (χ2v) is 8.58. The third-order valence-corrected chi connectivity index (χ3v) is 5.89. The molecule has 2 aromatic heterocycles. The number of ether oxygens (including phenoxy) is 1. The Morgan fingerprint density at radius 3 is 2.80 bits per heavy atom. The van der Waals surface area contributed by atoms with Crippen LogP contribution in [0.2, 0.25) is 0 Å². The maximum absolute atomic E-state index is 12.0. The number of hydrogen-bond acceptors (Lipinski definition) is 6. The monoisotopic (exact) mass is 396 g/mol. The Morgan fingerprint density at radius 1 is 1.40 bits per heavy atom. The van der Waals surface area contributed by atoms with Gasteiger partial charge in [-0.2, -0.15) is 0 Å². The molecule has 0 saturated carbocycles. The molecule has 3 N–H and O–H groups in total. The van der Waals surface area contributed by atoms with E-state index in [0.29, 0.717) is 22.9 Å². The fourth-order valence-corrected chi connectivity index (χ4v) is 4.58. The molecule has 6 nitrogen and oxygen atoms in total. The first-order valence-electron chi connectivity index (χ1n) is 7.44. The SMILES string of the molecule is CC1(C)Cc2c(sc(NC(=S)NC(=O)c3cccs3)c2C(=O)O)CO1. The maximum atomic E-state index is 12.0. The number of thiocarbonyl (C=S) groups is 1.